The van der Waals surface area contributed by atoms with E-state index in [0.29, 0.717) is 0 Å². The fourth-order valence-electron chi connectivity index (χ4n) is 4.43. The van der Waals surface area contributed by atoms with Gasteiger partial charge in [-0.2, -0.15) is 5.10 Å². The molecule has 8 nitrogen and oxygen atoms in total. The maximum absolute atomic E-state index is 4.64. The van der Waals surface area contributed by atoms with Gasteiger partial charge in [-0.05, 0) is 32.0 Å². The van der Waals surface area contributed by atoms with Crippen molar-refractivity contribution in [2.75, 3.05) is 57.4 Å². The standard InChI is InChI=1S/C21H28N8/c1-2-6-19(17(5-1)20-18-15-25-26-21(18)24-16-23-20)29(28-11-7-22-8-12-28)14-13-27-9-3-4-10-27/h1-2,5-6,15-16,22H,3-4,7-14H2,(H,23,24,25,26). The average molecular weight is 393 g/mol. The van der Waals surface area contributed by atoms with E-state index in [4.69, 9.17) is 0 Å². The second-order valence-corrected chi connectivity index (χ2v) is 7.75. The molecule has 5 rings (SSSR count). The number of para-hydroxylation sites is 1. The first-order valence-electron chi connectivity index (χ1n) is 10.6. The van der Waals surface area contributed by atoms with Crippen LogP contribution in [0, 0.1) is 0 Å². The van der Waals surface area contributed by atoms with Crippen molar-refractivity contribution in [3.8, 4) is 11.3 Å². The van der Waals surface area contributed by atoms with Crippen LogP contribution in [-0.2, 0) is 0 Å². The largest absolute Gasteiger partial charge is 0.314 e. The number of fused-ring (bicyclic) bond motifs is 1. The SMILES string of the molecule is c1ccc(N(CCN2CCCC2)N2CCNCC2)c(-c2ncnc3[nH]ncc23)c1. The summed E-state index contributed by atoms with van der Waals surface area (Å²) in [6.07, 6.45) is 6.08. The van der Waals surface area contributed by atoms with Crippen LogP contribution in [0.2, 0.25) is 0 Å². The summed E-state index contributed by atoms with van der Waals surface area (Å²) < 4.78 is 0. The molecule has 0 aliphatic carbocycles. The predicted octanol–water partition coefficient (Wildman–Crippen LogP) is 1.74. The van der Waals surface area contributed by atoms with Crippen LogP contribution in [0.1, 0.15) is 12.8 Å². The quantitative estimate of drug-likeness (QED) is 0.662. The van der Waals surface area contributed by atoms with Gasteiger partial charge in [-0.25, -0.2) is 15.0 Å². The van der Waals surface area contributed by atoms with E-state index in [0.717, 1.165) is 61.6 Å². The summed E-state index contributed by atoms with van der Waals surface area (Å²) in [6, 6.07) is 8.59. The number of hydrogen-bond donors (Lipinski definition) is 2. The van der Waals surface area contributed by atoms with Crippen molar-refractivity contribution in [2.45, 2.75) is 12.8 Å². The van der Waals surface area contributed by atoms with E-state index in [9.17, 15) is 0 Å². The van der Waals surface area contributed by atoms with Gasteiger partial charge in [-0.3, -0.25) is 5.10 Å². The number of rotatable bonds is 6. The number of anilines is 1. The molecule has 152 valence electrons. The zero-order valence-electron chi connectivity index (χ0n) is 16.7. The first-order valence-corrected chi connectivity index (χ1v) is 10.6. The number of piperazine rings is 1. The molecule has 1 aromatic carbocycles. The first kappa shape index (κ1) is 18.5. The summed E-state index contributed by atoms with van der Waals surface area (Å²) in [5.74, 6) is 0. The van der Waals surface area contributed by atoms with Gasteiger partial charge >= 0.3 is 0 Å². The molecule has 0 atom stereocenters. The number of aromatic nitrogens is 4. The maximum Gasteiger partial charge on any atom is 0.159 e. The Balaban J connectivity index is 1.52. The molecule has 2 fully saturated rings. The number of likely N-dealkylation sites (tertiary alicyclic amines) is 1. The zero-order chi connectivity index (χ0) is 19.5. The minimum atomic E-state index is 0.774. The Morgan fingerprint density at radius 3 is 2.69 bits per heavy atom. The van der Waals surface area contributed by atoms with Crippen LogP contribution in [0.25, 0.3) is 22.3 Å². The van der Waals surface area contributed by atoms with Gasteiger partial charge in [-0.15, -0.1) is 0 Å². The van der Waals surface area contributed by atoms with Crippen LogP contribution < -0.4 is 10.3 Å². The summed E-state index contributed by atoms with van der Waals surface area (Å²) in [5, 5.41) is 16.5. The Hall–Kier alpha value is -2.55. The summed E-state index contributed by atoms with van der Waals surface area (Å²) in [5.41, 5.74) is 4.03. The van der Waals surface area contributed by atoms with Crippen LogP contribution in [0.5, 0.6) is 0 Å². The van der Waals surface area contributed by atoms with Crippen molar-refractivity contribution < 1.29 is 0 Å². The van der Waals surface area contributed by atoms with Crippen molar-refractivity contribution >= 4 is 16.7 Å². The number of nitrogens with one attached hydrogen (secondary N) is 2. The van der Waals surface area contributed by atoms with Crippen LogP contribution in [0.3, 0.4) is 0 Å². The van der Waals surface area contributed by atoms with Gasteiger partial charge in [0.1, 0.15) is 6.33 Å². The smallest absolute Gasteiger partial charge is 0.159 e. The van der Waals surface area contributed by atoms with Crippen molar-refractivity contribution in [3.63, 3.8) is 0 Å². The fraction of sp³-hybridized carbons (Fsp3) is 0.476. The van der Waals surface area contributed by atoms with E-state index in [1.165, 1.54) is 31.6 Å². The second kappa shape index (κ2) is 8.44. The normalized spacial score (nSPS) is 18.5. The molecule has 0 bridgehead atoms. The highest BCUT2D eigenvalue weighted by Gasteiger charge is 2.24. The summed E-state index contributed by atoms with van der Waals surface area (Å²) in [6.45, 7) is 8.57. The summed E-state index contributed by atoms with van der Waals surface area (Å²) in [7, 11) is 0. The van der Waals surface area contributed by atoms with Crippen molar-refractivity contribution in [2.24, 2.45) is 0 Å². The van der Waals surface area contributed by atoms with Crippen molar-refractivity contribution in [1.82, 2.24) is 35.4 Å². The number of nitrogens with zero attached hydrogens (tertiary/aromatic N) is 6. The molecule has 2 aliphatic heterocycles. The van der Waals surface area contributed by atoms with Crippen molar-refractivity contribution in [1.29, 1.82) is 0 Å². The lowest BCUT2D eigenvalue weighted by molar-refractivity contribution is 0.207. The third-order valence-corrected chi connectivity index (χ3v) is 5.95. The van der Waals surface area contributed by atoms with Gasteiger partial charge in [0.05, 0.1) is 23.0 Å². The third-order valence-electron chi connectivity index (χ3n) is 5.95. The highest BCUT2D eigenvalue weighted by Crippen LogP contribution is 2.33. The number of benzene rings is 1. The Kier molecular flexibility index (Phi) is 5.38. The van der Waals surface area contributed by atoms with Crippen LogP contribution in [0.15, 0.2) is 36.8 Å². The van der Waals surface area contributed by atoms with E-state index in [-0.39, 0.29) is 0 Å². The molecule has 2 aliphatic rings. The Labute approximate surface area is 170 Å². The van der Waals surface area contributed by atoms with E-state index in [2.05, 4.69) is 64.7 Å². The summed E-state index contributed by atoms with van der Waals surface area (Å²) in [4.78, 5) is 11.5. The molecular weight excluding hydrogens is 364 g/mol. The Morgan fingerprint density at radius 2 is 1.83 bits per heavy atom. The predicted molar refractivity (Wildman–Crippen MR) is 115 cm³/mol. The zero-order valence-corrected chi connectivity index (χ0v) is 16.7. The molecule has 0 saturated carbocycles. The Morgan fingerprint density at radius 1 is 1.00 bits per heavy atom. The number of hydrazine groups is 1. The monoisotopic (exact) mass is 392 g/mol. The molecule has 3 aromatic rings. The maximum atomic E-state index is 4.64. The average Bonchev–Trinajstić information content (AvgIpc) is 3.47. The first-order chi connectivity index (χ1) is 14.4. The van der Waals surface area contributed by atoms with Crippen molar-refractivity contribution in [3.05, 3.63) is 36.8 Å². The van der Waals surface area contributed by atoms with Gasteiger partial charge in [0.25, 0.3) is 0 Å². The van der Waals surface area contributed by atoms with E-state index >= 15 is 0 Å². The summed E-state index contributed by atoms with van der Waals surface area (Å²) >= 11 is 0. The fourth-order valence-corrected chi connectivity index (χ4v) is 4.43. The molecule has 0 amide bonds. The minimum absolute atomic E-state index is 0.774. The van der Waals surface area contributed by atoms with Crippen LogP contribution >= 0.6 is 0 Å². The van der Waals surface area contributed by atoms with Gasteiger partial charge in [0.2, 0.25) is 0 Å². The number of aromatic amines is 1. The topological polar surface area (TPSA) is 76.2 Å². The van der Waals surface area contributed by atoms with Gasteiger partial charge in [-0.1, -0.05) is 18.2 Å². The lowest BCUT2D eigenvalue weighted by Gasteiger charge is -2.40. The molecule has 8 heteroatoms. The molecule has 4 heterocycles. The lowest BCUT2D eigenvalue weighted by atomic mass is 10.1. The molecule has 2 N–H and O–H groups in total. The molecular formula is C21H28N8. The minimum Gasteiger partial charge on any atom is -0.314 e. The molecule has 0 radical (unpaired) electrons. The highest BCUT2D eigenvalue weighted by atomic mass is 15.6. The highest BCUT2D eigenvalue weighted by molar-refractivity contribution is 5.93. The molecule has 0 unspecified atom stereocenters. The molecule has 2 saturated heterocycles. The van der Waals surface area contributed by atoms with E-state index in [1.54, 1.807) is 6.33 Å². The lowest BCUT2D eigenvalue weighted by Crippen LogP contribution is -2.54. The molecule has 2 aromatic heterocycles. The second-order valence-electron chi connectivity index (χ2n) is 7.75. The number of hydrogen-bond acceptors (Lipinski definition) is 7. The Bertz CT molecular complexity index is 943. The van der Waals surface area contributed by atoms with E-state index in [1.807, 2.05) is 6.20 Å². The van der Waals surface area contributed by atoms with Gasteiger partial charge in [0.15, 0.2) is 5.65 Å². The van der Waals surface area contributed by atoms with Crippen LogP contribution in [0.4, 0.5) is 5.69 Å². The van der Waals surface area contributed by atoms with E-state index < -0.39 is 0 Å². The van der Waals surface area contributed by atoms with Crippen LogP contribution in [-0.4, -0.2) is 82.4 Å². The molecule has 0 spiro atoms. The van der Waals surface area contributed by atoms with Gasteiger partial charge in [0, 0.05) is 44.8 Å². The van der Waals surface area contributed by atoms with Gasteiger partial charge < -0.3 is 15.2 Å². The third kappa shape index (κ3) is 3.83. The number of H-pyrrole nitrogens is 1. The molecule has 29 heavy (non-hydrogen) atoms.